The van der Waals surface area contributed by atoms with E-state index in [1.54, 1.807) is 0 Å². The Balaban J connectivity index is 1.79. The Hall–Kier alpha value is -0.0900. The van der Waals surface area contributed by atoms with Crippen LogP contribution in [0.1, 0.15) is 45.4 Å². The van der Waals surface area contributed by atoms with Gasteiger partial charge in [-0.1, -0.05) is 39.0 Å². The van der Waals surface area contributed by atoms with Crippen molar-refractivity contribution in [3.8, 4) is 0 Å². The minimum Gasteiger partial charge on any atom is -0.335 e. The van der Waals surface area contributed by atoms with Crippen molar-refractivity contribution in [2.45, 2.75) is 56.1 Å². The smallest absolute Gasteiger partial charge is 0.0946 e. The van der Waals surface area contributed by atoms with Gasteiger partial charge in [-0.25, -0.2) is 4.98 Å². The van der Waals surface area contributed by atoms with Crippen LogP contribution in [0.15, 0.2) is 18.7 Å². The van der Waals surface area contributed by atoms with Gasteiger partial charge in [-0.2, -0.15) is 0 Å². The maximum Gasteiger partial charge on any atom is 0.0946 e. The quantitative estimate of drug-likeness (QED) is 0.658. The minimum absolute atomic E-state index is 0.424. The molecule has 0 aromatic carbocycles. The number of hydrogen-bond acceptors (Lipinski definition) is 3. The van der Waals surface area contributed by atoms with Crippen molar-refractivity contribution in [2.75, 3.05) is 11.5 Å². The second kappa shape index (κ2) is 7.49. The zero-order chi connectivity index (χ0) is 12.7. The average Bonchev–Trinajstić information content (AvgIpc) is 3.02. The Labute approximate surface area is 119 Å². The monoisotopic (exact) mass is 284 g/mol. The van der Waals surface area contributed by atoms with Gasteiger partial charge in [0.2, 0.25) is 0 Å². The Morgan fingerprint density at radius 2 is 1.94 bits per heavy atom. The minimum atomic E-state index is 0.424. The molecule has 18 heavy (non-hydrogen) atoms. The van der Waals surface area contributed by atoms with Gasteiger partial charge < -0.3 is 4.57 Å². The lowest BCUT2D eigenvalue weighted by Gasteiger charge is -2.27. The van der Waals surface area contributed by atoms with Crippen LogP contribution in [0.3, 0.4) is 0 Å². The van der Waals surface area contributed by atoms with Crippen LogP contribution in [-0.2, 0) is 6.54 Å². The molecule has 2 rings (SSSR count). The highest BCUT2D eigenvalue weighted by Gasteiger charge is 2.35. The number of hydrogen-bond donors (Lipinski definition) is 0. The summed E-state index contributed by atoms with van der Waals surface area (Å²) in [4.78, 5) is 4.16. The molecule has 2 nitrogen and oxygen atoms in total. The third-order valence-electron chi connectivity index (χ3n) is 3.46. The molecule has 2 heterocycles. The van der Waals surface area contributed by atoms with Crippen LogP contribution < -0.4 is 0 Å². The Morgan fingerprint density at radius 3 is 2.61 bits per heavy atom. The van der Waals surface area contributed by atoms with E-state index in [2.05, 4.69) is 46.2 Å². The van der Waals surface area contributed by atoms with Gasteiger partial charge in [-0.3, -0.25) is 0 Å². The van der Waals surface area contributed by atoms with Crippen molar-refractivity contribution < 1.29 is 0 Å². The summed E-state index contributed by atoms with van der Waals surface area (Å²) in [6, 6.07) is 0. The van der Waals surface area contributed by atoms with Crippen molar-refractivity contribution >= 4 is 23.5 Å². The van der Waals surface area contributed by atoms with Crippen molar-refractivity contribution in [3.63, 3.8) is 0 Å². The third kappa shape index (κ3) is 4.23. The predicted octanol–water partition coefficient (Wildman–Crippen LogP) is 4.42. The molecule has 102 valence electrons. The normalized spacial score (nSPS) is 18.3. The van der Waals surface area contributed by atoms with Crippen LogP contribution >= 0.6 is 23.5 Å². The number of rotatable bonds is 8. The molecule has 4 heteroatoms. The molecule has 1 fully saturated rings. The van der Waals surface area contributed by atoms with Gasteiger partial charge in [0, 0.05) is 30.4 Å². The highest BCUT2D eigenvalue weighted by atomic mass is 32.2. The maximum atomic E-state index is 4.16. The fraction of sp³-hybridized carbons (Fsp3) is 0.786. The van der Waals surface area contributed by atoms with E-state index in [1.165, 1.54) is 50.0 Å². The lowest BCUT2D eigenvalue weighted by Crippen LogP contribution is -2.24. The van der Waals surface area contributed by atoms with Crippen LogP contribution in [0.2, 0.25) is 0 Å². The number of thioether (sulfide) groups is 2. The second-order valence-corrected chi connectivity index (χ2v) is 8.22. The molecule has 0 radical (unpaired) electrons. The molecular weight excluding hydrogens is 260 g/mol. The van der Waals surface area contributed by atoms with E-state index in [4.69, 9.17) is 0 Å². The van der Waals surface area contributed by atoms with Gasteiger partial charge in [-0.15, -0.1) is 23.5 Å². The lowest BCUT2D eigenvalue weighted by atomic mass is 10.1. The van der Waals surface area contributed by atoms with E-state index in [0.717, 1.165) is 6.54 Å². The Bertz CT molecular complexity index is 319. The maximum absolute atomic E-state index is 4.16. The predicted molar refractivity (Wildman–Crippen MR) is 83.3 cm³/mol. The summed E-state index contributed by atoms with van der Waals surface area (Å²) in [5, 5.41) is 0. The van der Waals surface area contributed by atoms with Gasteiger partial charge in [0.25, 0.3) is 0 Å². The summed E-state index contributed by atoms with van der Waals surface area (Å²) >= 11 is 4.33. The number of unbranched alkanes of at least 4 members (excludes halogenated alkanes) is 4. The first-order valence-corrected chi connectivity index (χ1v) is 9.05. The first kappa shape index (κ1) is 14.3. The molecule has 0 amide bonds. The average molecular weight is 284 g/mol. The van der Waals surface area contributed by atoms with E-state index in [0.29, 0.717) is 4.08 Å². The summed E-state index contributed by atoms with van der Waals surface area (Å²) in [6.07, 6.45) is 14.2. The van der Waals surface area contributed by atoms with Crippen LogP contribution in [0.25, 0.3) is 0 Å². The van der Waals surface area contributed by atoms with Crippen LogP contribution in [0.5, 0.6) is 0 Å². The fourth-order valence-electron chi connectivity index (χ4n) is 2.47. The van der Waals surface area contributed by atoms with Crippen LogP contribution in [0.4, 0.5) is 0 Å². The van der Waals surface area contributed by atoms with Crippen molar-refractivity contribution in [3.05, 3.63) is 18.7 Å². The zero-order valence-electron chi connectivity index (χ0n) is 11.3. The molecule has 1 aliphatic rings. The SMILES string of the molecule is CCCCCCCC1(Cn2ccnc2)SCCS1. The molecule has 1 saturated heterocycles. The van der Waals surface area contributed by atoms with Gasteiger partial charge in [-0.05, 0) is 6.42 Å². The molecule has 0 spiro atoms. The summed E-state index contributed by atoms with van der Waals surface area (Å²) in [7, 11) is 0. The molecule has 0 bridgehead atoms. The standard InChI is InChI=1S/C14H24N2S2/c1-2-3-4-5-6-7-14(17-10-11-18-14)12-16-9-8-15-13-16/h8-9,13H,2-7,10-12H2,1H3. The summed E-state index contributed by atoms with van der Waals surface area (Å²) in [6.45, 7) is 3.40. The Morgan fingerprint density at radius 1 is 1.17 bits per heavy atom. The van der Waals surface area contributed by atoms with E-state index < -0.39 is 0 Å². The molecule has 0 atom stereocenters. The second-order valence-electron chi connectivity index (χ2n) is 5.01. The number of imidazole rings is 1. The zero-order valence-corrected chi connectivity index (χ0v) is 12.9. The summed E-state index contributed by atoms with van der Waals surface area (Å²) in [5.74, 6) is 2.63. The third-order valence-corrected chi connectivity index (χ3v) is 6.96. The summed E-state index contributed by atoms with van der Waals surface area (Å²) < 4.78 is 2.67. The highest BCUT2D eigenvalue weighted by molar-refractivity contribution is 8.21. The van der Waals surface area contributed by atoms with Crippen molar-refractivity contribution in [1.82, 2.24) is 9.55 Å². The molecule has 0 N–H and O–H groups in total. The van der Waals surface area contributed by atoms with E-state index in [9.17, 15) is 0 Å². The summed E-state index contributed by atoms with van der Waals surface area (Å²) in [5.41, 5.74) is 0. The molecule has 0 unspecified atom stereocenters. The Kier molecular flexibility index (Phi) is 5.96. The topological polar surface area (TPSA) is 17.8 Å². The largest absolute Gasteiger partial charge is 0.335 e. The van der Waals surface area contributed by atoms with E-state index >= 15 is 0 Å². The fourth-order valence-corrected chi connectivity index (χ4v) is 5.77. The number of nitrogens with zero attached hydrogens (tertiary/aromatic N) is 2. The van der Waals surface area contributed by atoms with Gasteiger partial charge in [0.05, 0.1) is 10.4 Å². The van der Waals surface area contributed by atoms with Crippen molar-refractivity contribution in [2.24, 2.45) is 0 Å². The van der Waals surface area contributed by atoms with Crippen molar-refractivity contribution in [1.29, 1.82) is 0 Å². The van der Waals surface area contributed by atoms with Gasteiger partial charge in [0.15, 0.2) is 0 Å². The van der Waals surface area contributed by atoms with Crippen LogP contribution in [0, 0.1) is 0 Å². The van der Waals surface area contributed by atoms with Crippen LogP contribution in [-0.4, -0.2) is 25.1 Å². The molecule has 0 saturated carbocycles. The first-order valence-electron chi connectivity index (χ1n) is 7.08. The number of aromatic nitrogens is 2. The van der Waals surface area contributed by atoms with Gasteiger partial charge in [0.1, 0.15) is 0 Å². The van der Waals surface area contributed by atoms with E-state index in [1.807, 2.05) is 12.5 Å². The lowest BCUT2D eigenvalue weighted by molar-refractivity contribution is 0.539. The first-order chi connectivity index (χ1) is 8.85. The molecule has 1 aromatic rings. The van der Waals surface area contributed by atoms with Gasteiger partial charge >= 0.3 is 0 Å². The molecule has 1 aromatic heterocycles. The molecule has 0 aliphatic carbocycles. The molecular formula is C14H24N2S2. The highest BCUT2D eigenvalue weighted by Crippen LogP contribution is 2.48. The van der Waals surface area contributed by atoms with E-state index in [-0.39, 0.29) is 0 Å². The molecule has 1 aliphatic heterocycles.